The Morgan fingerprint density at radius 1 is 1.42 bits per heavy atom. The molecule has 12 heavy (non-hydrogen) atoms. The van der Waals surface area contributed by atoms with Crippen LogP contribution in [0.15, 0.2) is 12.7 Å². The van der Waals surface area contributed by atoms with Gasteiger partial charge >= 0.3 is 0 Å². The van der Waals surface area contributed by atoms with Gasteiger partial charge in [-0.25, -0.2) is 15.0 Å². The Morgan fingerprint density at radius 2 is 2.25 bits per heavy atom. The first kappa shape index (κ1) is 6.71. The fraction of sp³-hybridized carbons (Fsp3) is 0. The van der Waals surface area contributed by atoms with Crippen molar-refractivity contribution in [2.45, 2.75) is 0 Å². The first-order valence-corrected chi connectivity index (χ1v) is 3.15. The minimum Gasteiger partial charge on any atom is -0.427 e. The highest BCUT2D eigenvalue weighted by molar-refractivity contribution is 5.81. The van der Waals surface area contributed by atoms with E-state index in [0.29, 0.717) is 22.5 Å². The number of hydrogen-bond donors (Lipinski definition) is 1. The van der Waals surface area contributed by atoms with E-state index in [0.717, 1.165) is 6.33 Å². The highest BCUT2D eigenvalue weighted by atomic mass is 16.5. The van der Waals surface area contributed by atoms with Crippen molar-refractivity contribution in [3.8, 4) is 11.5 Å². The van der Waals surface area contributed by atoms with Crippen LogP contribution in [-0.2, 0) is 0 Å². The second-order valence-corrected chi connectivity index (χ2v) is 2.14. The molecule has 0 aromatic rings. The second-order valence-electron chi connectivity index (χ2n) is 2.14. The molecule has 0 aromatic carbocycles. The first-order valence-electron chi connectivity index (χ1n) is 3.15. The quantitative estimate of drug-likeness (QED) is 0.467. The molecule has 0 spiro atoms. The van der Waals surface area contributed by atoms with Crippen LogP contribution in [0.2, 0.25) is 0 Å². The van der Waals surface area contributed by atoms with Gasteiger partial charge in [0.15, 0.2) is 17.8 Å². The molecule has 0 saturated carbocycles. The molecule has 2 heterocycles. The van der Waals surface area contributed by atoms with Gasteiger partial charge in [-0.15, -0.1) is 0 Å². The van der Waals surface area contributed by atoms with Gasteiger partial charge in [0.05, 0.1) is 0 Å². The standard InChI is InChI=1S/C6H4N4O2/c11-1-4-5-6(8-2-7-5)9-3-10(4)12/h1-3,12H. The molecule has 0 bridgehead atoms. The molecule has 0 fully saturated rings. The molecule has 0 aliphatic carbocycles. The molecule has 0 saturated heterocycles. The summed E-state index contributed by atoms with van der Waals surface area (Å²) in [4.78, 5) is 21.7. The van der Waals surface area contributed by atoms with Crippen molar-refractivity contribution in [2.24, 2.45) is 0 Å². The van der Waals surface area contributed by atoms with Crippen LogP contribution in [0, 0.1) is 0 Å². The van der Waals surface area contributed by atoms with E-state index in [4.69, 9.17) is 5.21 Å². The lowest BCUT2D eigenvalue weighted by atomic mass is 10.3. The summed E-state index contributed by atoms with van der Waals surface area (Å²) in [6.07, 6.45) is 2.88. The Balaban J connectivity index is 2.81. The minimum absolute atomic E-state index is 0.0532. The number of imidazole rings is 1. The highest BCUT2D eigenvalue weighted by Gasteiger charge is 2.14. The molecule has 1 N–H and O–H groups in total. The van der Waals surface area contributed by atoms with E-state index in [-0.39, 0.29) is 5.69 Å². The minimum atomic E-state index is 0.0532. The van der Waals surface area contributed by atoms with Gasteiger partial charge in [-0.2, -0.15) is 4.73 Å². The van der Waals surface area contributed by atoms with Crippen molar-refractivity contribution in [1.29, 1.82) is 0 Å². The number of rotatable bonds is 1. The normalized spacial score (nSPS) is 10.3. The number of nitrogens with zero attached hydrogens (tertiary/aromatic N) is 4. The average Bonchev–Trinajstić information content (AvgIpc) is 2.52. The molecule has 2 rings (SSSR count). The molecular formula is C6H4N4O2. The first-order chi connectivity index (χ1) is 5.83. The molecule has 0 aromatic heterocycles. The largest absolute Gasteiger partial charge is 0.427 e. The second kappa shape index (κ2) is 2.26. The lowest BCUT2D eigenvalue weighted by molar-refractivity contribution is 0.106. The maximum absolute atomic E-state index is 10.5. The van der Waals surface area contributed by atoms with Crippen LogP contribution in [0.3, 0.4) is 0 Å². The van der Waals surface area contributed by atoms with Crippen LogP contribution in [0.5, 0.6) is 0 Å². The van der Waals surface area contributed by atoms with Crippen LogP contribution in [-0.4, -0.2) is 31.2 Å². The zero-order valence-corrected chi connectivity index (χ0v) is 5.88. The van der Waals surface area contributed by atoms with Crippen molar-refractivity contribution in [1.82, 2.24) is 19.7 Å². The Hall–Kier alpha value is -1.98. The van der Waals surface area contributed by atoms with Crippen LogP contribution in [0.1, 0.15) is 10.5 Å². The molecular weight excluding hydrogens is 160 g/mol. The summed E-state index contributed by atoms with van der Waals surface area (Å²) in [5.74, 6) is 0.349. The molecule has 0 amide bonds. The number of hydrogen-bond acceptors (Lipinski definition) is 5. The van der Waals surface area contributed by atoms with Crippen LogP contribution in [0.4, 0.5) is 0 Å². The summed E-state index contributed by atoms with van der Waals surface area (Å²) in [7, 11) is 0. The van der Waals surface area contributed by atoms with Gasteiger partial charge in [-0.1, -0.05) is 0 Å². The number of aromatic nitrogens is 4. The van der Waals surface area contributed by atoms with E-state index in [1.54, 1.807) is 0 Å². The summed E-state index contributed by atoms with van der Waals surface area (Å²) in [6, 6.07) is 0. The van der Waals surface area contributed by atoms with E-state index in [1.165, 1.54) is 6.33 Å². The Morgan fingerprint density at radius 3 is 3.00 bits per heavy atom. The zero-order valence-electron chi connectivity index (χ0n) is 5.88. The van der Waals surface area contributed by atoms with Gasteiger partial charge in [-0.05, 0) is 0 Å². The smallest absolute Gasteiger partial charge is 0.183 e. The summed E-state index contributed by atoms with van der Waals surface area (Å²) in [5, 5.41) is 9.08. The van der Waals surface area contributed by atoms with Gasteiger partial charge in [0.2, 0.25) is 0 Å². The molecule has 2 aliphatic rings. The lowest BCUT2D eigenvalue weighted by Crippen LogP contribution is -2.06. The Bertz CT molecular complexity index is 397. The molecule has 60 valence electrons. The van der Waals surface area contributed by atoms with Gasteiger partial charge in [0.1, 0.15) is 18.3 Å². The van der Waals surface area contributed by atoms with E-state index in [9.17, 15) is 4.79 Å². The fourth-order valence-electron chi connectivity index (χ4n) is 0.925. The average molecular weight is 164 g/mol. The van der Waals surface area contributed by atoms with Crippen molar-refractivity contribution in [3.05, 3.63) is 18.3 Å². The number of aldehydes is 1. The van der Waals surface area contributed by atoms with E-state index in [1.807, 2.05) is 0 Å². The monoisotopic (exact) mass is 164 g/mol. The number of fused-ring (bicyclic) bond motifs is 1. The van der Waals surface area contributed by atoms with Crippen molar-refractivity contribution in [2.75, 3.05) is 0 Å². The van der Waals surface area contributed by atoms with E-state index in [2.05, 4.69) is 15.0 Å². The predicted octanol–water partition coefficient (Wildman–Crippen LogP) is -0.172. The Kier molecular flexibility index (Phi) is 1.26. The molecule has 0 unspecified atom stereocenters. The van der Waals surface area contributed by atoms with Gasteiger partial charge < -0.3 is 5.21 Å². The molecule has 2 aliphatic heterocycles. The lowest BCUT2D eigenvalue weighted by Gasteiger charge is -2.02. The van der Waals surface area contributed by atoms with Crippen molar-refractivity contribution in [3.63, 3.8) is 0 Å². The Labute approximate surface area is 66.8 Å². The summed E-state index contributed by atoms with van der Waals surface area (Å²) in [5.41, 5.74) is 0.354. The maximum Gasteiger partial charge on any atom is 0.183 e. The summed E-state index contributed by atoms with van der Waals surface area (Å²) < 4.78 is 0.615. The van der Waals surface area contributed by atoms with Crippen LogP contribution < -0.4 is 0 Å². The zero-order chi connectivity index (χ0) is 8.55. The van der Waals surface area contributed by atoms with E-state index >= 15 is 0 Å². The third-order valence-corrected chi connectivity index (χ3v) is 1.47. The van der Waals surface area contributed by atoms with Crippen molar-refractivity contribution < 1.29 is 10.0 Å². The highest BCUT2D eigenvalue weighted by Crippen LogP contribution is 2.15. The van der Waals surface area contributed by atoms with Gasteiger partial charge in [-0.3, -0.25) is 4.79 Å². The van der Waals surface area contributed by atoms with Gasteiger partial charge in [0.25, 0.3) is 0 Å². The van der Waals surface area contributed by atoms with Crippen LogP contribution >= 0.6 is 0 Å². The van der Waals surface area contributed by atoms with Crippen LogP contribution in [0.25, 0.3) is 11.5 Å². The maximum atomic E-state index is 10.5. The third-order valence-electron chi connectivity index (χ3n) is 1.47. The van der Waals surface area contributed by atoms with Crippen molar-refractivity contribution >= 4 is 6.29 Å². The van der Waals surface area contributed by atoms with Gasteiger partial charge in [0, 0.05) is 0 Å². The summed E-state index contributed by atoms with van der Waals surface area (Å²) in [6.45, 7) is 0. The SMILES string of the molecule is O=Cc1c2ncnc-2ncn1O. The number of carbonyl (C=O) groups excluding carboxylic acids is 1. The number of carbonyl (C=O) groups is 1. The summed E-state index contributed by atoms with van der Waals surface area (Å²) >= 11 is 0. The molecule has 0 radical (unpaired) electrons. The van der Waals surface area contributed by atoms with E-state index < -0.39 is 0 Å². The predicted molar refractivity (Wildman–Crippen MR) is 37.0 cm³/mol. The third kappa shape index (κ3) is 0.746. The fourth-order valence-corrected chi connectivity index (χ4v) is 0.925. The molecule has 0 atom stereocenters. The topological polar surface area (TPSA) is 80.9 Å². The molecule has 6 heteroatoms. The molecule has 6 nitrogen and oxygen atoms in total.